The van der Waals surface area contributed by atoms with Gasteiger partial charge in [-0.3, -0.25) is 5.10 Å². The van der Waals surface area contributed by atoms with Gasteiger partial charge >= 0.3 is 5.97 Å². The highest BCUT2D eigenvalue weighted by Crippen LogP contribution is 2.24. The summed E-state index contributed by atoms with van der Waals surface area (Å²) in [5.41, 5.74) is 2.60. The lowest BCUT2D eigenvalue weighted by Crippen LogP contribution is -1.97. The van der Waals surface area contributed by atoms with Crippen LogP contribution in [0.2, 0.25) is 0 Å². The number of carboxylic acids is 1. The highest BCUT2D eigenvalue weighted by Gasteiger charge is 2.09. The number of hydrogen-bond acceptors (Lipinski definition) is 2. The summed E-state index contributed by atoms with van der Waals surface area (Å²) in [6.07, 6.45) is 27.8. The van der Waals surface area contributed by atoms with Crippen molar-refractivity contribution < 1.29 is 9.90 Å². The molecule has 2 aromatic rings. The Morgan fingerprint density at radius 2 is 1.36 bits per heavy atom. The summed E-state index contributed by atoms with van der Waals surface area (Å²) in [7, 11) is 0. The molecule has 0 aliphatic heterocycles. The Kier molecular flexibility index (Phi) is 6.53. The molecule has 1 aromatic heterocycles. The van der Waals surface area contributed by atoms with Crippen LogP contribution in [0.1, 0.15) is 11.3 Å². The summed E-state index contributed by atoms with van der Waals surface area (Å²) in [4.78, 5) is 11.7. The van der Waals surface area contributed by atoms with Crippen LogP contribution < -0.4 is 0 Å². The molecule has 0 radical (unpaired) electrons. The van der Waals surface area contributed by atoms with Crippen LogP contribution in [-0.2, 0) is 4.79 Å². The van der Waals surface area contributed by atoms with Crippen molar-refractivity contribution in [3.05, 3.63) is 114 Å². The van der Waals surface area contributed by atoms with Crippen molar-refractivity contribution in [2.45, 2.75) is 0 Å². The minimum atomic E-state index is -0.986. The van der Waals surface area contributed by atoms with Crippen LogP contribution in [0.3, 0.4) is 0 Å². The van der Waals surface area contributed by atoms with Crippen molar-refractivity contribution in [2.75, 3.05) is 0 Å². The SMILES string of the molecule is O=C(O)C1=Cc2cccc3[nH]nc(c23)C=CC=CC=CC=CC=CC=CC=C1. The van der Waals surface area contributed by atoms with Crippen molar-refractivity contribution in [1.82, 2.24) is 10.2 Å². The number of carboxylic acid groups (broad SMARTS) is 1. The Morgan fingerprint density at radius 3 is 1.96 bits per heavy atom. The van der Waals surface area contributed by atoms with E-state index >= 15 is 0 Å². The number of H-pyrrole nitrogens is 1. The van der Waals surface area contributed by atoms with Gasteiger partial charge in [0.15, 0.2) is 0 Å². The number of aromatic amines is 1. The van der Waals surface area contributed by atoms with Crippen LogP contribution in [0.5, 0.6) is 0 Å². The minimum Gasteiger partial charge on any atom is -0.478 e. The molecule has 1 heterocycles. The molecule has 4 heteroatoms. The van der Waals surface area contributed by atoms with Crippen LogP contribution in [0.25, 0.3) is 23.1 Å². The number of allylic oxidation sites excluding steroid dienone is 12. The van der Waals surface area contributed by atoms with Gasteiger partial charge in [-0.05, 0) is 29.9 Å². The fourth-order valence-electron chi connectivity index (χ4n) is 2.66. The zero-order chi connectivity index (χ0) is 19.6. The van der Waals surface area contributed by atoms with E-state index in [4.69, 9.17) is 0 Å². The monoisotopic (exact) mass is 368 g/mol. The van der Waals surface area contributed by atoms with Gasteiger partial charge < -0.3 is 5.11 Å². The highest BCUT2D eigenvalue weighted by molar-refractivity contribution is 6.00. The largest absolute Gasteiger partial charge is 0.478 e. The zero-order valence-electron chi connectivity index (χ0n) is 15.2. The van der Waals surface area contributed by atoms with E-state index in [-0.39, 0.29) is 5.57 Å². The van der Waals surface area contributed by atoms with Gasteiger partial charge in [0.25, 0.3) is 0 Å². The normalized spacial score (nSPS) is 14.6. The van der Waals surface area contributed by atoms with Gasteiger partial charge in [0.05, 0.1) is 16.8 Å². The van der Waals surface area contributed by atoms with Gasteiger partial charge in [0.1, 0.15) is 0 Å². The average Bonchev–Trinajstić information content (AvgIpc) is 3.10. The first-order valence-electron chi connectivity index (χ1n) is 8.86. The summed E-state index contributed by atoms with van der Waals surface area (Å²) >= 11 is 0. The Labute approximate surface area is 163 Å². The lowest BCUT2D eigenvalue weighted by Gasteiger charge is -2.00. The van der Waals surface area contributed by atoms with Crippen LogP contribution >= 0.6 is 0 Å². The molecule has 1 aliphatic carbocycles. The molecule has 0 spiro atoms. The number of rotatable bonds is 1. The van der Waals surface area contributed by atoms with Gasteiger partial charge in [-0.2, -0.15) is 5.10 Å². The topological polar surface area (TPSA) is 66.0 Å². The number of aromatic nitrogens is 2. The zero-order valence-corrected chi connectivity index (χ0v) is 15.2. The molecule has 0 saturated heterocycles. The minimum absolute atomic E-state index is 0.194. The predicted octanol–water partition coefficient (Wildman–Crippen LogP) is 5.39. The maximum atomic E-state index is 11.7. The molecule has 4 nitrogen and oxygen atoms in total. The van der Waals surface area contributed by atoms with Crippen LogP contribution in [0.15, 0.2) is 103 Å². The van der Waals surface area contributed by atoms with Gasteiger partial charge in [-0.15, -0.1) is 0 Å². The second kappa shape index (κ2) is 9.69. The number of benzene rings is 1. The lowest BCUT2D eigenvalue weighted by atomic mass is 10.0. The van der Waals surface area contributed by atoms with E-state index in [1.165, 1.54) is 0 Å². The Bertz CT molecular complexity index is 1090. The summed E-state index contributed by atoms with van der Waals surface area (Å²) in [6, 6.07) is 5.68. The number of nitrogens with one attached hydrogen (secondary N) is 1. The highest BCUT2D eigenvalue weighted by atomic mass is 16.4. The van der Waals surface area contributed by atoms with E-state index in [0.717, 1.165) is 22.2 Å². The Morgan fingerprint density at radius 1 is 0.786 bits per heavy atom. The van der Waals surface area contributed by atoms with Crippen molar-refractivity contribution >= 4 is 29.0 Å². The van der Waals surface area contributed by atoms with Crippen molar-refractivity contribution in [3.63, 3.8) is 0 Å². The van der Waals surface area contributed by atoms with Crippen LogP contribution in [-0.4, -0.2) is 21.3 Å². The third-order valence-electron chi connectivity index (χ3n) is 3.96. The van der Waals surface area contributed by atoms with E-state index in [9.17, 15) is 9.90 Å². The number of carbonyl (C=O) groups is 1. The third-order valence-corrected chi connectivity index (χ3v) is 3.96. The molecule has 3 rings (SSSR count). The summed E-state index contributed by atoms with van der Waals surface area (Å²) in [5, 5.41) is 17.8. The molecule has 0 atom stereocenters. The van der Waals surface area contributed by atoms with E-state index in [1.54, 1.807) is 24.3 Å². The second-order valence-corrected chi connectivity index (χ2v) is 5.93. The maximum absolute atomic E-state index is 11.7. The molecule has 2 N–H and O–H groups in total. The first-order chi connectivity index (χ1) is 13.8. The van der Waals surface area contributed by atoms with Crippen molar-refractivity contribution in [1.29, 1.82) is 0 Å². The summed E-state index contributed by atoms with van der Waals surface area (Å²) < 4.78 is 0. The van der Waals surface area contributed by atoms with Gasteiger partial charge in [-0.25, -0.2) is 4.79 Å². The Balaban J connectivity index is 2.10. The molecule has 0 bridgehead atoms. The van der Waals surface area contributed by atoms with Gasteiger partial charge in [-0.1, -0.05) is 85.0 Å². The quantitative estimate of drug-likeness (QED) is 0.709. The molecule has 0 saturated carbocycles. The van der Waals surface area contributed by atoms with E-state index < -0.39 is 5.97 Å². The number of nitrogens with zero attached hydrogens (tertiary/aromatic N) is 1. The predicted molar refractivity (Wildman–Crippen MR) is 116 cm³/mol. The first-order valence-corrected chi connectivity index (χ1v) is 8.86. The number of hydrogen-bond donors (Lipinski definition) is 2. The number of aliphatic carboxylic acids is 1. The third kappa shape index (κ3) is 5.05. The molecule has 138 valence electrons. The molecule has 1 aromatic carbocycles. The lowest BCUT2D eigenvalue weighted by molar-refractivity contribution is -0.132. The molecular weight excluding hydrogens is 348 g/mol. The molecule has 1 aliphatic rings. The smallest absolute Gasteiger partial charge is 0.335 e. The molecule has 0 unspecified atom stereocenters. The van der Waals surface area contributed by atoms with E-state index in [1.807, 2.05) is 85.0 Å². The van der Waals surface area contributed by atoms with E-state index in [2.05, 4.69) is 10.2 Å². The maximum Gasteiger partial charge on any atom is 0.335 e. The standard InChI is InChI=1S/C24H20N2O2/c27-24(28)20-14-11-9-7-5-3-1-2-4-6-8-10-12-16-21-23-19(18-20)15-13-17-22(23)26-25-21/h1-18H,(H,25,26)(H,27,28). The summed E-state index contributed by atoms with van der Waals surface area (Å²) in [6.45, 7) is 0. The van der Waals surface area contributed by atoms with E-state index in [0.29, 0.717) is 0 Å². The van der Waals surface area contributed by atoms with Crippen LogP contribution in [0.4, 0.5) is 0 Å². The molecule has 0 amide bonds. The van der Waals surface area contributed by atoms with Crippen LogP contribution in [0, 0.1) is 0 Å². The summed E-state index contributed by atoms with van der Waals surface area (Å²) in [5.74, 6) is -0.986. The molecule has 0 fully saturated rings. The first kappa shape index (κ1) is 18.9. The van der Waals surface area contributed by atoms with Gasteiger partial charge in [0, 0.05) is 5.39 Å². The second-order valence-electron chi connectivity index (χ2n) is 5.93. The molecular formula is C24H20N2O2. The van der Waals surface area contributed by atoms with Crippen molar-refractivity contribution in [3.8, 4) is 0 Å². The fraction of sp³-hybridized carbons (Fsp3) is 0. The fourth-order valence-corrected chi connectivity index (χ4v) is 2.66. The Hall–Kier alpha value is -3.92. The molecule has 28 heavy (non-hydrogen) atoms. The van der Waals surface area contributed by atoms with Gasteiger partial charge in [0.2, 0.25) is 0 Å². The average molecular weight is 368 g/mol. The van der Waals surface area contributed by atoms with Crippen molar-refractivity contribution in [2.24, 2.45) is 0 Å².